The quantitative estimate of drug-likeness (QED) is 0.917. The summed E-state index contributed by atoms with van der Waals surface area (Å²) in [6.07, 6.45) is 3.59. The lowest BCUT2D eigenvalue weighted by atomic mass is 9.87. The van der Waals surface area contributed by atoms with Crippen molar-refractivity contribution in [1.82, 2.24) is 4.90 Å². The van der Waals surface area contributed by atoms with Crippen LogP contribution in [-0.2, 0) is 6.42 Å². The van der Waals surface area contributed by atoms with E-state index in [-0.39, 0.29) is 6.42 Å². The van der Waals surface area contributed by atoms with Crippen molar-refractivity contribution in [3.63, 3.8) is 0 Å². The van der Waals surface area contributed by atoms with Gasteiger partial charge in [0.15, 0.2) is 0 Å². The number of hydrogen-bond acceptors (Lipinski definition) is 2. The summed E-state index contributed by atoms with van der Waals surface area (Å²) in [4.78, 5) is 2.35. The summed E-state index contributed by atoms with van der Waals surface area (Å²) in [5, 5.41) is 10.7. The Labute approximate surface area is 119 Å². The Bertz CT molecular complexity index is 452. The van der Waals surface area contributed by atoms with Gasteiger partial charge < -0.3 is 10.0 Å². The number of aliphatic hydroxyl groups is 1. The Morgan fingerprint density at radius 1 is 1.25 bits per heavy atom. The first kappa shape index (κ1) is 15.4. The zero-order chi connectivity index (χ0) is 14.6. The predicted molar refractivity (Wildman–Crippen MR) is 75.6 cm³/mol. The molecule has 1 heterocycles. The highest BCUT2D eigenvalue weighted by atomic mass is 19.1. The Balaban J connectivity index is 2.03. The van der Waals surface area contributed by atoms with E-state index in [0.717, 1.165) is 38.5 Å². The van der Waals surface area contributed by atoms with Crippen molar-refractivity contribution >= 4 is 0 Å². The van der Waals surface area contributed by atoms with E-state index >= 15 is 0 Å². The lowest BCUT2D eigenvalue weighted by Gasteiger charge is -2.27. The Morgan fingerprint density at radius 3 is 2.75 bits per heavy atom. The maximum absolute atomic E-state index is 13.7. The van der Waals surface area contributed by atoms with Crippen LogP contribution in [0.3, 0.4) is 0 Å². The molecule has 2 nitrogen and oxygen atoms in total. The summed E-state index contributed by atoms with van der Waals surface area (Å²) in [7, 11) is 0. The molecule has 0 radical (unpaired) electrons. The molecule has 20 heavy (non-hydrogen) atoms. The van der Waals surface area contributed by atoms with Gasteiger partial charge in [-0.2, -0.15) is 0 Å². The molecule has 0 amide bonds. The lowest BCUT2D eigenvalue weighted by molar-refractivity contribution is 0.0249. The van der Waals surface area contributed by atoms with Crippen molar-refractivity contribution in [2.45, 2.75) is 44.6 Å². The standard InChI is InChI=1S/C16H23F2NO/c1-2-8-19-9-3-6-16(20,7-10-19)12-13-4-5-14(17)11-15(13)18/h4-5,11,20H,2-3,6-10,12H2,1H3. The van der Waals surface area contributed by atoms with E-state index in [1.54, 1.807) is 0 Å². The molecule has 1 saturated heterocycles. The van der Waals surface area contributed by atoms with Crippen LogP contribution in [0.25, 0.3) is 0 Å². The monoisotopic (exact) mass is 283 g/mol. The summed E-state index contributed by atoms with van der Waals surface area (Å²) < 4.78 is 26.6. The van der Waals surface area contributed by atoms with Gasteiger partial charge in [-0.3, -0.25) is 0 Å². The maximum atomic E-state index is 13.7. The van der Waals surface area contributed by atoms with Gasteiger partial charge in [-0.05, 0) is 50.4 Å². The minimum atomic E-state index is -0.874. The minimum absolute atomic E-state index is 0.263. The van der Waals surface area contributed by atoms with Gasteiger partial charge in [-0.25, -0.2) is 8.78 Å². The Hall–Kier alpha value is -1.00. The highest BCUT2D eigenvalue weighted by Gasteiger charge is 2.31. The molecule has 1 unspecified atom stereocenters. The number of benzene rings is 1. The third-order valence-electron chi connectivity index (χ3n) is 4.08. The van der Waals surface area contributed by atoms with Crippen molar-refractivity contribution in [3.8, 4) is 0 Å². The van der Waals surface area contributed by atoms with E-state index in [1.807, 2.05) is 0 Å². The van der Waals surface area contributed by atoms with E-state index in [1.165, 1.54) is 12.1 Å². The van der Waals surface area contributed by atoms with Crippen LogP contribution in [0.5, 0.6) is 0 Å². The first-order chi connectivity index (χ1) is 9.52. The van der Waals surface area contributed by atoms with Gasteiger partial charge in [0, 0.05) is 19.0 Å². The van der Waals surface area contributed by atoms with Crippen LogP contribution >= 0.6 is 0 Å². The van der Waals surface area contributed by atoms with E-state index in [0.29, 0.717) is 18.4 Å². The first-order valence-corrected chi connectivity index (χ1v) is 7.41. The molecule has 1 aliphatic heterocycles. The average Bonchev–Trinajstić information content (AvgIpc) is 2.57. The van der Waals surface area contributed by atoms with Crippen molar-refractivity contribution in [3.05, 3.63) is 35.4 Å². The predicted octanol–water partition coefficient (Wildman–Crippen LogP) is 3.13. The maximum Gasteiger partial charge on any atom is 0.129 e. The molecule has 1 aromatic rings. The molecule has 112 valence electrons. The number of rotatable bonds is 4. The molecular formula is C16H23F2NO. The average molecular weight is 283 g/mol. The molecule has 0 aliphatic carbocycles. The molecule has 0 spiro atoms. The van der Waals surface area contributed by atoms with Crippen molar-refractivity contribution in [2.24, 2.45) is 0 Å². The zero-order valence-corrected chi connectivity index (χ0v) is 12.0. The summed E-state index contributed by atoms with van der Waals surface area (Å²) in [6, 6.07) is 3.58. The number of likely N-dealkylation sites (tertiary alicyclic amines) is 1. The molecule has 4 heteroatoms. The fourth-order valence-electron chi connectivity index (χ4n) is 2.97. The smallest absolute Gasteiger partial charge is 0.129 e. The van der Waals surface area contributed by atoms with Gasteiger partial charge in [0.05, 0.1) is 5.60 Å². The van der Waals surface area contributed by atoms with Crippen LogP contribution in [0, 0.1) is 11.6 Å². The Morgan fingerprint density at radius 2 is 2.05 bits per heavy atom. The first-order valence-electron chi connectivity index (χ1n) is 7.41. The zero-order valence-electron chi connectivity index (χ0n) is 12.0. The molecular weight excluding hydrogens is 260 g/mol. The topological polar surface area (TPSA) is 23.5 Å². The van der Waals surface area contributed by atoms with Crippen molar-refractivity contribution in [2.75, 3.05) is 19.6 Å². The second-order valence-electron chi connectivity index (χ2n) is 5.83. The molecule has 0 aromatic heterocycles. The van der Waals surface area contributed by atoms with E-state index in [2.05, 4.69) is 11.8 Å². The second kappa shape index (κ2) is 6.64. The number of hydrogen-bond donors (Lipinski definition) is 1. The molecule has 0 saturated carbocycles. The molecule has 1 N–H and O–H groups in total. The van der Waals surface area contributed by atoms with Gasteiger partial charge in [0.25, 0.3) is 0 Å². The Kier molecular flexibility index (Phi) is 5.11. The molecule has 1 atom stereocenters. The van der Waals surface area contributed by atoms with Crippen LogP contribution in [0.15, 0.2) is 18.2 Å². The highest BCUT2D eigenvalue weighted by molar-refractivity contribution is 5.20. The van der Waals surface area contributed by atoms with E-state index in [9.17, 15) is 13.9 Å². The van der Waals surface area contributed by atoms with Gasteiger partial charge >= 0.3 is 0 Å². The lowest BCUT2D eigenvalue weighted by Crippen LogP contribution is -2.34. The van der Waals surface area contributed by atoms with Crippen LogP contribution < -0.4 is 0 Å². The summed E-state index contributed by atoms with van der Waals surface area (Å²) in [6.45, 7) is 5.02. The highest BCUT2D eigenvalue weighted by Crippen LogP contribution is 2.27. The summed E-state index contributed by atoms with van der Waals surface area (Å²) in [5.41, 5.74) is -0.473. The normalized spacial score (nSPS) is 24.6. The van der Waals surface area contributed by atoms with Crippen molar-refractivity contribution < 1.29 is 13.9 Å². The van der Waals surface area contributed by atoms with Crippen LogP contribution in [0.4, 0.5) is 8.78 Å². The van der Waals surface area contributed by atoms with Gasteiger partial charge in [0.1, 0.15) is 11.6 Å². The van der Waals surface area contributed by atoms with Crippen LogP contribution in [0.2, 0.25) is 0 Å². The van der Waals surface area contributed by atoms with Crippen LogP contribution in [0.1, 0.15) is 38.2 Å². The van der Waals surface area contributed by atoms with E-state index < -0.39 is 17.2 Å². The molecule has 1 aliphatic rings. The third kappa shape index (κ3) is 4.00. The fourth-order valence-corrected chi connectivity index (χ4v) is 2.97. The fraction of sp³-hybridized carbons (Fsp3) is 0.625. The number of nitrogens with zero attached hydrogens (tertiary/aromatic N) is 1. The second-order valence-corrected chi connectivity index (χ2v) is 5.83. The largest absolute Gasteiger partial charge is 0.389 e. The minimum Gasteiger partial charge on any atom is -0.389 e. The molecule has 0 bridgehead atoms. The van der Waals surface area contributed by atoms with Gasteiger partial charge in [0.2, 0.25) is 0 Å². The third-order valence-corrected chi connectivity index (χ3v) is 4.08. The van der Waals surface area contributed by atoms with Gasteiger partial charge in [-0.15, -0.1) is 0 Å². The molecule has 1 fully saturated rings. The number of halogens is 2. The van der Waals surface area contributed by atoms with Crippen molar-refractivity contribution in [1.29, 1.82) is 0 Å². The molecule has 2 rings (SSSR count). The van der Waals surface area contributed by atoms with Gasteiger partial charge in [-0.1, -0.05) is 13.0 Å². The summed E-state index contributed by atoms with van der Waals surface area (Å²) >= 11 is 0. The SMILES string of the molecule is CCCN1CCCC(O)(Cc2ccc(F)cc2F)CC1. The van der Waals surface area contributed by atoms with E-state index in [4.69, 9.17) is 0 Å². The molecule has 1 aromatic carbocycles. The summed E-state index contributed by atoms with van der Waals surface area (Å²) in [5.74, 6) is -1.14. The van der Waals surface area contributed by atoms with Crippen LogP contribution in [-0.4, -0.2) is 35.2 Å².